The number of ether oxygens (including phenoxy) is 2. The van der Waals surface area contributed by atoms with E-state index in [0.29, 0.717) is 17.8 Å². The molecule has 2 rings (SSSR count). The molecule has 0 saturated carbocycles. The summed E-state index contributed by atoms with van der Waals surface area (Å²) < 4.78 is 11.5. The zero-order chi connectivity index (χ0) is 15.8. The van der Waals surface area contributed by atoms with Gasteiger partial charge in [0, 0.05) is 31.9 Å². The van der Waals surface area contributed by atoms with Gasteiger partial charge < -0.3 is 14.6 Å². The molecule has 2 fully saturated rings. The third-order valence-electron chi connectivity index (χ3n) is 4.44. The van der Waals surface area contributed by atoms with Gasteiger partial charge in [-0.05, 0) is 52.0 Å². The molecule has 22 heavy (non-hydrogen) atoms. The molecule has 5 heteroatoms. The molecular formula is C17H29NO4. The van der Waals surface area contributed by atoms with E-state index in [9.17, 15) is 4.79 Å². The lowest BCUT2D eigenvalue weighted by Crippen LogP contribution is -2.38. The van der Waals surface area contributed by atoms with E-state index in [2.05, 4.69) is 4.90 Å². The predicted molar refractivity (Wildman–Crippen MR) is 85.0 cm³/mol. The normalized spacial score (nSPS) is 26.0. The molecule has 0 aliphatic carbocycles. The van der Waals surface area contributed by atoms with Crippen molar-refractivity contribution < 1.29 is 19.4 Å². The number of allylic oxidation sites excluding steroid dienone is 1. The lowest BCUT2D eigenvalue weighted by Gasteiger charge is -2.27. The van der Waals surface area contributed by atoms with Crippen LogP contribution in [-0.4, -0.2) is 61.0 Å². The zero-order valence-corrected chi connectivity index (χ0v) is 13.6. The summed E-state index contributed by atoms with van der Waals surface area (Å²) in [5, 5.41) is 8.86. The van der Waals surface area contributed by atoms with Gasteiger partial charge in [-0.25, -0.2) is 4.79 Å². The Morgan fingerprint density at radius 1 is 1.18 bits per heavy atom. The molecule has 2 saturated heterocycles. The Labute approximate surface area is 133 Å². The largest absolute Gasteiger partial charge is 0.478 e. The Morgan fingerprint density at radius 2 is 1.77 bits per heavy atom. The maximum absolute atomic E-state index is 10.8. The number of carbonyl (C=O) groups is 1. The first kappa shape index (κ1) is 17.4. The summed E-state index contributed by atoms with van der Waals surface area (Å²) in [4.78, 5) is 13.2. The van der Waals surface area contributed by atoms with Gasteiger partial charge in [-0.3, -0.25) is 4.90 Å². The summed E-state index contributed by atoms with van der Waals surface area (Å²) in [7, 11) is 0. The van der Waals surface area contributed by atoms with Gasteiger partial charge in [0.25, 0.3) is 0 Å². The summed E-state index contributed by atoms with van der Waals surface area (Å²) in [6, 6.07) is 0. The summed E-state index contributed by atoms with van der Waals surface area (Å²) >= 11 is 0. The van der Waals surface area contributed by atoms with Crippen LogP contribution in [0.3, 0.4) is 0 Å². The molecule has 0 amide bonds. The molecular weight excluding hydrogens is 282 g/mol. The lowest BCUT2D eigenvalue weighted by atomic mass is 10.1. The number of unbranched alkanes of at least 4 members (excludes halogenated alkanes) is 1. The molecule has 5 nitrogen and oxygen atoms in total. The number of hydrogen-bond donors (Lipinski definition) is 1. The monoisotopic (exact) mass is 311 g/mol. The zero-order valence-electron chi connectivity index (χ0n) is 13.6. The molecule has 126 valence electrons. The minimum atomic E-state index is -0.824. The average Bonchev–Trinajstić information content (AvgIpc) is 3.16. The van der Waals surface area contributed by atoms with Gasteiger partial charge in [0.05, 0.1) is 12.2 Å². The second kappa shape index (κ2) is 9.28. The van der Waals surface area contributed by atoms with E-state index in [1.807, 2.05) is 6.08 Å². The predicted octanol–water partition coefficient (Wildman–Crippen LogP) is 2.46. The van der Waals surface area contributed by atoms with Gasteiger partial charge in [-0.2, -0.15) is 0 Å². The van der Waals surface area contributed by atoms with Crippen molar-refractivity contribution in [1.29, 1.82) is 0 Å². The van der Waals surface area contributed by atoms with Crippen LogP contribution in [0.4, 0.5) is 0 Å². The van der Waals surface area contributed by atoms with Crippen LogP contribution in [0, 0.1) is 0 Å². The highest BCUT2D eigenvalue weighted by atomic mass is 16.5. The quantitative estimate of drug-likeness (QED) is 0.523. The summed E-state index contributed by atoms with van der Waals surface area (Å²) in [5.41, 5.74) is 0.435. The molecule has 0 bridgehead atoms. The van der Waals surface area contributed by atoms with Crippen molar-refractivity contribution in [2.45, 2.75) is 57.7 Å². The second-order valence-corrected chi connectivity index (χ2v) is 6.36. The van der Waals surface area contributed by atoms with E-state index < -0.39 is 5.97 Å². The Morgan fingerprint density at radius 3 is 2.23 bits per heavy atom. The molecule has 0 radical (unpaired) electrons. The van der Waals surface area contributed by atoms with Crippen molar-refractivity contribution in [2.75, 3.05) is 32.8 Å². The molecule has 2 atom stereocenters. The molecule has 2 aliphatic heterocycles. The number of hydrogen-bond acceptors (Lipinski definition) is 4. The number of aliphatic carboxylic acids is 1. The van der Waals surface area contributed by atoms with E-state index in [-0.39, 0.29) is 0 Å². The van der Waals surface area contributed by atoms with E-state index in [1.54, 1.807) is 6.92 Å². The molecule has 0 spiro atoms. The molecule has 2 heterocycles. The van der Waals surface area contributed by atoms with Gasteiger partial charge >= 0.3 is 5.97 Å². The van der Waals surface area contributed by atoms with Gasteiger partial charge in [-0.15, -0.1) is 0 Å². The number of nitrogens with zero attached hydrogens (tertiary/aromatic N) is 1. The highest BCUT2D eigenvalue weighted by molar-refractivity contribution is 5.85. The fraction of sp³-hybridized carbons (Fsp3) is 0.824. The number of carboxylic acid groups (broad SMARTS) is 1. The van der Waals surface area contributed by atoms with E-state index >= 15 is 0 Å². The first-order valence-electron chi connectivity index (χ1n) is 8.51. The van der Waals surface area contributed by atoms with Crippen molar-refractivity contribution in [3.8, 4) is 0 Å². The molecule has 0 aromatic carbocycles. The smallest absolute Gasteiger partial charge is 0.330 e. The first-order valence-corrected chi connectivity index (χ1v) is 8.51. The minimum Gasteiger partial charge on any atom is -0.478 e. The molecule has 2 aliphatic rings. The van der Waals surface area contributed by atoms with Crippen molar-refractivity contribution in [3.63, 3.8) is 0 Å². The summed E-state index contributed by atoms with van der Waals surface area (Å²) in [6.45, 7) is 6.35. The van der Waals surface area contributed by atoms with Crippen LogP contribution in [0.25, 0.3) is 0 Å². The van der Waals surface area contributed by atoms with Crippen LogP contribution in [-0.2, 0) is 14.3 Å². The van der Waals surface area contributed by atoms with Crippen LogP contribution in [0.15, 0.2) is 11.6 Å². The van der Waals surface area contributed by atoms with Gasteiger partial charge in [0.15, 0.2) is 0 Å². The van der Waals surface area contributed by atoms with Gasteiger partial charge in [0.1, 0.15) is 0 Å². The lowest BCUT2D eigenvalue weighted by molar-refractivity contribution is -0.132. The van der Waals surface area contributed by atoms with E-state index in [0.717, 1.165) is 58.5 Å². The van der Waals surface area contributed by atoms with Crippen molar-refractivity contribution in [3.05, 3.63) is 11.6 Å². The molecule has 2 unspecified atom stereocenters. The molecule has 0 aromatic heterocycles. The van der Waals surface area contributed by atoms with Crippen molar-refractivity contribution in [1.82, 2.24) is 4.90 Å². The Balaban J connectivity index is 1.75. The van der Waals surface area contributed by atoms with Crippen LogP contribution in [0.1, 0.15) is 45.4 Å². The standard InChI is InChI=1S/C17H29NO4/c1-14(17(19)20)6-2-3-9-18(12-15-7-4-10-21-15)13-16-8-5-11-22-16/h6,15-16H,2-5,7-13H2,1H3,(H,19,20)/b14-6+. The van der Waals surface area contributed by atoms with Crippen LogP contribution >= 0.6 is 0 Å². The highest BCUT2D eigenvalue weighted by Gasteiger charge is 2.23. The van der Waals surface area contributed by atoms with Gasteiger partial charge in [-0.1, -0.05) is 6.08 Å². The molecule has 0 aromatic rings. The Bertz CT molecular complexity index is 353. The third kappa shape index (κ3) is 6.07. The summed E-state index contributed by atoms with van der Waals surface area (Å²) in [5.74, 6) is -0.824. The molecule has 1 N–H and O–H groups in total. The Kier molecular flexibility index (Phi) is 7.36. The van der Waals surface area contributed by atoms with Gasteiger partial charge in [0.2, 0.25) is 0 Å². The topological polar surface area (TPSA) is 59.0 Å². The number of carboxylic acids is 1. The van der Waals surface area contributed by atoms with Crippen molar-refractivity contribution >= 4 is 5.97 Å². The fourth-order valence-corrected chi connectivity index (χ4v) is 3.13. The van der Waals surface area contributed by atoms with E-state index in [4.69, 9.17) is 14.6 Å². The van der Waals surface area contributed by atoms with Crippen molar-refractivity contribution in [2.24, 2.45) is 0 Å². The van der Waals surface area contributed by atoms with Crippen LogP contribution in [0.2, 0.25) is 0 Å². The summed E-state index contributed by atoms with van der Waals surface area (Å²) in [6.07, 6.45) is 8.96. The minimum absolute atomic E-state index is 0.359. The SMILES string of the molecule is C/C(=C\CCCN(CC1CCCO1)CC1CCCO1)C(=O)O. The second-order valence-electron chi connectivity index (χ2n) is 6.36. The maximum Gasteiger partial charge on any atom is 0.330 e. The highest BCUT2D eigenvalue weighted by Crippen LogP contribution is 2.17. The Hall–Kier alpha value is -0.910. The average molecular weight is 311 g/mol. The first-order chi connectivity index (χ1) is 10.6. The third-order valence-corrected chi connectivity index (χ3v) is 4.44. The maximum atomic E-state index is 10.8. The van der Waals surface area contributed by atoms with Crippen LogP contribution < -0.4 is 0 Å². The fourth-order valence-electron chi connectivity index (χ4n) is 3.13. The van der Waals surface area contributed by atoms with Crippen LogP contribution in [0.5, 0.6) is 0 Å². The van der Waals surface area contributed by atoms with E-state index in [1.165, 1.54) is 12.8 Å². The number of rotatable bonds is 9.